The van der Waals surface area contributed by atoms with Crippen LogP contribution in [0.1, 0.15) is 0 Å². The molecule has 0 aromatic heterocycles. The summed E-state index contributed by atoms with van der Waals surface area (Å²) in [7, 11) is 5.89. The quantitative estimate of drug-likeness (QED) is 0.459. The summed E-state index contributed by atoms with van der Waals surface area (Å²) in [6, 6.07) is 0. The summed E-state index contributed by atoms with van der Waals surface area (Å²) in [4.78, 5) is 0. The van der Waals surface area contributed by atoms with Crippen molar-refractivity contribution in [2.45, 2.75) is 0 Å². The summed E-state index contributed by atoms with van der Waals surface area (Å²) in [6.45, 7) is 8.94. The smallest absolute Gasteiger partial charge is 0.0322 e. The summed E-state index contributed by atoms with van der Waals surface area (Å²) in [5.41, 5.74) is 3.14. The molecule has 0 saturated carbocycles. The third-order valence-corrected chi connectivity index (χ3v) is 1.62. The molecule has 0 radical (unpaired) electrons. The molecule has 0 spiro atoms. The molecule has 0 bridgehead atoms. The van der Waals surface area contributed by atoms with Crippen molar-refractivity contribution in [2.24, 2.45) is 0 Å². The molecule has 0 fully saturated rings. The average molecular weight is 184 g/mol. The van der Waals surface area contributed by atoms with Crippen LogP contribution in [0, 0.1) is 0 Å². The zero-order valence-corrected chi connectivity index (χ0v) is 8.82. The summed E-state index contributed by atoms with van der Waals surface area (Å²) in [6.07, 6.45) is 3.69. The third kappa shape index (κ3) is 5.54. The molecule has 0 aromatic carbocycles. The van der Waals surface area contributed by atoms with E-state index >= 15 is 0 Å². The normalized spacial score (nSPS) is 11.2. The van der Waals surface area contributed by atoms with Crippen molar-refractivity contribution in [2.75, 3.05) is 34.2 Å². The van der Waals surface area contributed by atoms with Crippen molar-refractivity contribution in [3.8, 4) is 0 Å². The monoisotopic (exact) mass is 184 g/mol. The molecule has 0 heterocycles. The van der Waals surface area contributed by atoms with Crippen molar-refractivity contribution in [1.29, 1.82) is 0 Å². The van der Waals surface area contributed by atoms with Crippen LogP contribution in [0.2, 0.25) is 0 Å². The molecule has 76 valence electrons. The van der Waals surface area contributed by atoms with Crippen LogP contribution in [0.4, 0.5) is 0 Å². The van der Waals surface area contributed by atoms with E-state index in [1.807, 2.05) is 48.4 Å². The van der Waals surface area contributed by atoms with Crippen LogP contribution in [0.25, 0.3) is 0 Å². The molecule has 0 aliphatic heterocycles. The van der Waals surface area contributed by atoms with Gasteiger partial charge >= 0.3 is 0 Å². The Bertz CT molecular complexity index is 158. The van der Waals surface area contributed by atoms with Gasteiger partial charge < -0.3 is 0 Å². The molecule has 0 aliphatic carbocycles. The van der Waals surface area contributed by atoms with E-state index < -0.39 is 0 Å². The lowest BCUT2D eigenvalue weighted by molar-refractivity contribution is -0.0791. The maximum atomic E-state index is 3.67. The number of likely N-dealkylation sites (N-methyl/N-ethyl adjacent to an activating group) is 2. The number of hydrogen-bond acceptors (Lipinski definition) is 4. The minimum atomic E-state index is 0.798. The highest BCUT2D eigenvalue weighted by atomic mass is 15.9. The standard InChI is InChI=1S/C9H20N4/c1-6-8-11(3)10-13(5)12(4)9-7-2/h6-7,10H,1-2,8-9H2,3-5H3. The highest BCUT2D eigenvalue weighted by molar-refractivity contribution is 4.70. The van der Waals surface area contributed by atoms with Gasteiger partial charge in [0.25, 0.3) is 0 Å². The fourth-order valence-corrected chi connectivity index (χ4v) is 0.867. The number of hydrogen-bond donors (Lipinski definition) is 1. The highest BCUT2D eigenvalue weighted by Gasteiger charge is 2.04. The Kier molecular flexibility index (Phi) is 6.44. The van der Waals surface area contributed by atoms with E-state index in [1.54, 1.807) is 0 Å². The summed E-state index contributed by atoms with van der Waals surface area (Å²) in [5.74, 6) is 0. The first kappa shape index (κ1) is 12.3. The van der Waals surface area contributed by atoms with Gasteiger partial charge in [0.2, 0.25) is 0 Å². The molecular weight excluding hydrogens is 164 g/mol. The fourth-order valence-electron chi connectivity index (χ4n) is 0.867. The van der Waals surface area contributed by atoms with Crippen LogP contribution in [-0.2, 0) is 0 Å². The Hall–Kier alpha value is -0.680. The van der Waals surface area contributed by atoms with Crippen molar-refractivity contribution >= 4 is 0 Å². The van der Waals surface area contributed by atoms with E-state index in [4.69, 9.17) is 0 Å². The van der Waals surface area contributed by atoms with Crippen LogP contribution in [0.15, 0.2) is 25.3 Å². The van der Waals surface area contributed by atoms with E-state index in [2.05, 4.69) is 18.7 Å². The Labute approximate surface area is 81.0 Å². The van der Waals surface area contributed by atoms with Crippen LogP contribution in [0.3, 0.4) is 0 Å². The Balaban J connectivity index is 3.76. The Morgan fingerprint density at radius 2 is 1.62 bits per heavy atom. The minimum absolute atomic E-state index is 0.798. The lowest BCUT2D eigenvalue weighted by atomic mass is 10.6. The number of rotatable bonds is 7. The molecule has 0 amide bonds. The van der Waals surface area contributed by atoms with E-state index in [1.165, 1.54) is 0 Å². The maximum Gasteiger partial charge on any atom is 0.0322 e. The summed E-state index contributed by atoms with van der Waals surface area (Å²) >= 11 is 0. The van der Waals surface area contributed by atoms with Crippen LogP contribution in [-0.4, -0.2) is 49.4 Å². The molecule has 0 aliphatic rings. The number of nitrogens with one attached hydrogen (secondary N) is 1. The summed E-state index contributed by atoms with van der Waals surface area (Å²) < 4.78 is 0. The topological polar surface area (TPSA) is 21.8 Å². The molecule has 0 unspecified atom stereocenters. The van der Waals surface area contributed by atoms with Gasteiger partial charge in [-0.2, -0.15) is 10.7 Å². The molecule has 1 N–H and O–H groups in total. The Morgan fingerprint density at radius 3 is 2.08 bits per heavy atom. The third-order valence-electron chi connectivity index (χ3n) is 1.62. The molecule has 0 atom stereocenters. The van der Waals surface area contributed by atoms with Crippen molar-refractivity contribution in [1.82, 2.24) is 20.7 Å². The van der Waals surface area contributed by atoms with E-state index in [0.29, 0.717) is 0 Å². The first-order valence-electron chi connectivity index (χ1n) is 4.25. The van der Waals surface area contributed by atoms with Gasteiger partial charge in [0.15, 0.2) is 0 Å². The predicted octanol–water partition coefficient (Wildman–Crippen LogP) is 0.488. The predicted molar refractivity (Wildman–Crippen MR) is 56.6 cm³/mol. The first-order chi connectivity index (χ1) is 6.11. The van der Waals surface area contributed by atoms with Gasteiger partial charge in [0, 0.05) is 34.2 Å². The van der Waals surface area contributed by atoms with Gasteiger partial charge in [0.05, 0.1) is 0 Å². The van der Waals surface area contributed by atoms with Crippen LogP contribution in [0.5, 0.6) is 0 Å². The zero-order valence-electron chi connectivity index (χ0n) is 8.82. The maximum absolute atomic E-state index is 3.67. The lowest BCUT2D eigenvalue weighted by Gasteiger charge is -2.31. The fraction of sp³-hybridized carbons (Fsp3) is 0.556. The largest absolute Gasteiger partial charge is 0.229 e. The van der Waals surface area contributed by atoms with E-state index in [9.17, 15) is 0 Å². The van der Waals surface area contributed by atoms with Gasteiger partial charge in [-0.25, -0.2) is 10.0 Å². The molecule has 4 nitrogen and oxygen atoms in total. The van der Waals surface area contributed by atoms with E-state index in [-0.39, 0.29) is 0 Å². The molecule has 0 rings (SSSR count). The molecule has 13 heavy (non-hydrogen) atoms. The SMILES string of the molecule is C=CCN(C)NN(C)N(C)CC=C. The second-order valence-electron chi connectivity index (χ2n) is 2.92. The van der Waals surface area contributed by atoms with Crippen molar-refractivity contribution < 1.29 is 0 Å². The van der Waals surface area contributed by atoms with Gasteiger partial charge in [-0.15, -0.1) is 13.2 Å². The molecule has 4 heteroatoms. The average Bonchev–Trinajstić information content (AvgIpc) is 2.05. The lowest BCUT2D eigenvalue weighted by Crippen LogP contribution is -2.52. The number of hydrazine groups is 3. The Morgan fingerprint density at radius 1 is 1.08 bits per heavy atom. The highest BCUT2D eigenvalue weighted by Crippen LogP contribution is 1.87. The van der Waals surface area contributed by atoms with Crippen molar-refractivity contribution in [3.63, 3.8) is 0 Å². The minimum Gasteiger partial charge on any atom is -0.229 e. The first-order valence-corrected chi connectivity index (χ1v) is 4.25. The van der Waals surface area contributed by atoms with Gasteiger partial charge in [-0.1, -0.05) is 12.2 Å². The molecule has 0 aromatic rings. The van der Waals surface area contributed by atoms with Gasteiger partial charge in [0.1, 0.15) is 0 Å². The second-order valence-corrected chi connectivity index (χ2v) is 2.92. The molecular formula is C9H20N4. The number of nitrogens with zero attached hydrogens (tertiary/aromatic N) is 3. The second kappa shape index (κ2) is 6.80. The van der Waals surface area contributed by atoms with Crippen LogP contribution < -0.4 is 5.53 Å². The van der Waals surface area contributed by atoms with Gasteiger partial charge in [-0.05, 0) is 0 Å². The zero-order chi connectivity index (χ0) is 10.3. The van der Waals surface area contributed by atoms with Crippen molar-refractivity contribution in [3.05, 3.63) is 25.3 Å². The molecule has 0 saturated heterocycles. The summed E-state index contributed by atoms with van der Waals surface area (Å²) in [5, 5.41) is 5.84. The van der Waals surface area contributed by atoms with Gasteiger partial charge in [-0.3, -0.25) is 0 Å². The van der Waals surface area contributed by atoms with E-state index in [0.717, 1.165) is 13.1 Å². The van der Waals surface area contributed by atoms with Crippen LogP contribution >= 0.6 is 0 Å².